The Morgan fingerprint density at radius 3 is 1.91 bits per heavy atom. The van der Waals surface area contributed by atoms with Gasteiger partial charge in [-0.1, -0.05) is 6.92 Å². The van der Waals surface area contributed by atoms with Crippen LogP contribution in [0.4, 0.5) is 0 Å². The molecule has 0 fully saturated rings. The highest BCUT2D eigenvalue weighted by atomic mass is 32.1. The zero-order valence-electron chi connectivity index (χ0n) is 6.41. The van der Waals surface area contributed by atoms with Crippen LogP contribution in [0.1, 0.15) is 19.8 Å². The molecule has 0 saturated carbocycles. The molecule has 0 aromatic heterocycles. The van der Waals surface area contributed by atoms with E-state index in [0.29, 0.717) is 0 Å². The van der Waals surface area contributed by atoms with Gasteiger partial charge in [-0.3, -0.25) is 9.59 Å². The van der Waals surface area contributed by atoms with E-state index in [1.807, 2.05) is 6.92 Å². The van der Waals surface area contributed by atoms with Crippen LogP contribution in [0.15, 0.2) is 0 Å². The van der Waals surface area contributed by atoms with Crippen molar-refractivity contribution in [2.24, 2.45) is 5.73 Å². The van der Waals surface area contributed by atoms with Crippen molar-refractivity contribution in [2.45, 2.75) is 19.8 Å². The predicted molar refractivity (Wildman–Crippen MR) is 45.6 cm³/mol. The molecular formula is C6H13NO3S. The second kappa shape index (κ2) is 9.45. The molecule has 0 amide bonds. The lowest BCUT2D eigenvalue weighted by atomic mass is 10.3. The Morgan fingerprint density at radius 2 is 1.82 bits per heavy atom. The number of thiol groups is 1. The molecule has 0 bridgehead atoms. The molecule has 66 valence electrons. The Kier molecular flexibility index (Phi) is 11.2. The number of nitrogens with two attached hydrogens (primary N) is 1. The van der Waals surface area contributed by atoms with Crippen LogP contribution in [0, 0.1) is 0 Å². The van der Waals surface area contributed by atoms with E-state index < -0.39 is 5.97 Å². The van der Waals surface area contributed by atoms with Crippen molar-refractivity contribution < 1.29 is 14.7 Å². The summed E-state index contributed by atoms with van der Waals surface area (Å²) in [5, 5.41) is 7.59. The van der Waals surface area contributed by atoms with Crippen molar-refractivity contribution in [1.82, 2.24) is 0 Å². The van der Waals surface area contributed by atoms with Gasteiger partial charge in [0.1, 0.15) is 0 Å². The summed E-state index contributed by atoms with van der Waals surface area (Å²) >= 11 is 3.37. The third-order valence-corrected chi connectivity index (χ3v) is 0.776. The number of hydrogen-bond acceptors (Lipinski definition) is 3. The molecule has 0 aromatic rings. The minimum atomic E-state index is -0.965. The SMILES string of the molecule is CCN.O=C(O)CCC(=O)S. The number of carbonyl (C=O) groups is 2. The topological polar surface area (TPSA) is 80.4 Å². The average molecular weight is 179 g/mol. The summed E-state index contributed by atoms with van der Waals surface area (Å²) in [7, 11) is 0. The number of carboxylic acids is 1. The molecule has 0 atom stereocenters. The van der Waals surface area contributed by atoms with Gasteiger partial charge in [0.2, 0.25) is 0 Å². The number of carbonyl (C=O) groups excluding carboxylic acids is 1. The highest BCUT2D eigenvalue weighted by molar-refractivity contribution is 7.96. The fourth-order valence-electron chi connectivity index (χ4n) is 0.214. The first-order chi connectivity index (χ1) is 5.04. The van der Waals surface area contributed by atoms with Crippen LogP contribution in [0.25, 0.3) is 0 Å². The normalized spacial score (nSPS) is 7.91. The van der Waals surface area contributed by atoms with E-state index in [9.17, 15) is 9.59 Å². The van der Waals surface area contributed by atoms with Crippen molar-refractivity contribution in [3.63, 3.8) is 0 Å². The van der Waals surface area contributed by atoms with Crippen LogP contribution < -0.4 is 5.73 Å². The van der Waals surface area contributed by atoms with Crippen molar-refractivity contribution in [3.8, 4) is 0 Å². The molecule has 11 heavy (non-hydrogen) atoms. The average Bonchev–Trinajstić information content (AvgIpc) is 1.85. The summed E-state index contributed by atoms with van der Waals surface area (Å²) in [6.07, 6.45) is -0.110. The molecular weight excluding hydrogens is 166 g/mol. The number of carboxylic acid groups (broad SMARTS) is 1. The fourth-order valence-corrected chi connectivity index (χ4v) is 0.326. The van der Waals surface area contributed by atoms with E-state index in [0.717, 1.165) is 6.54 Å². The molecule has 0 saturated heterocycles. The highest BCUT2D eigenvalue weighted by Crippen LogP contribution is 1.92. The highest BCUT2D eigenvalue weighted by Gasteiger charge is 1.98. The molecule has 0 aliphatic rings. The van der Waals surface area contributed by atoms with Gasteiger partial charge in [-0.05, 0) is 6.54 Å². The monoisotopic (exact) mass is 179 g/mol. The maximum absolute atomic E-state index is 9.95. The van der Waals surface area contributed by atoms with Gasteiger partial charge in [-0.15, -0.1) is 12.6 Å². The Labute approximate surface area is 71.2 Å². The van der Waals surface area contributed by atoms with Crippen molar-refractivity contribution in [3.05, 3.63) is 0 Å². The molecule has 0 aliphatic heterocycles. The summed E-state index contributed by atoms with van der Waals surface area (Å²) in [5.41, 5.74) is 4.85. The first-order valence-electron chi connectivity index (χ1n) is 3.18. The predicted octanol–water partition coefficient (Wildman–Crippen LogP) is 0.273. The summed E-state index contributed by atoms with van der Waals surface area (Å²) < 4.78 is 0. The maximum atomic E-state index is 9.95. The second-order valence-corrected chi connectivity index (χ2v) is 2.19. The van der Waals surface area contributed by atoms with Crippen LogP contribution in [0.5, 0.6) is 0 Å². The van der Waals surface area contributed by atoms with Crippen LogP contribution in [0.2, 0.25) is 0 Å². The number of rotatable bonds is 3. The van der Waals surface area contributed by atoms with E-state index in [-0.39, 0.29) is 18.0 Å². The van der Waals surface area contributed by atoms with E-state index in [1.165, 1.54) is 0 Å². The van der Waals surface area contributed by atoms with Crippen molar-refractivity contribution in [2.75, 3.05) is 6.54 Å². The Hall–Kier alpha value is -0.550. The molecule has 0 radical (unpaired) electrons. The molecule has 0 aliphatic carbocycles. The van der Waals surface area contributed by atoms with E-state index in [2.05, 4.69) is 12.6 Å². The maximum Gasteiger partial charge on any atom is 0.303 e. The summed E-state index contributed by atoms with van der Waals surface area (Å²) in [6.45, 7) is 2.65. The molecule has 5 heteroatoms. The molecule has 0 rings (SSSR count). The lowest BCUT2D eigenvalue weighted by Crippen LogP contribution is -1.96. The van der Waals surface area contributed by atoms with Crippen LogP contribution in [0.3, 0.4) is 0 Å². The van der Waals surface area contributed by atoms with E-state index >= 15 is 0 Å². The third kappa shape index (κ3) is 26.5. The Balaban J connectivity index is 0. The van der Waals surface area contributed by atoms with Gasteiger partial charge in [0, 0.05) is 6.42 Å². The van der Waals surface area contributed by atoms with Gasteiger partial charge < -0.3 is 10.8 Å². The lowest BCUT2D eigenvalue weighted by molar-refractivity contribution is -0.137. The molecule has 3 N–H and O–H groups in total. The van der Waals surface area contributed by atoms with Gasteiger partial charge >= 0.3 is 5.97 Å². The first-order valence-corrected chi connectivity index (χ1v) is 3.63. The minimum Gasteiger partial charge on any atom is -0.481 e. The Bertz CT molecular complexity index is 113. The number of aliphatic carboxylic acids is 1. The van der Waals surface area contributed by atoms with Gasteiger partial charge in [0.15, 0.2) is 5.12 Å². The summed E-state index contributed by atoms with van der Waals surface area (Å²) in [6, 6.07) is 0. The van der Waals surface area contributed by atoms with Crippen LogP contribution >= 0.6 is 12.6 Å². The molecule has 0 spiro atoms. The zero-order chi connectivity index (χ0) is 9.28. The van der Waals surface area contributed by atoms with Gasteiger partial charge in [0.05, 0.1) is 6.42 Å². The standard InChI is InChI=1S/C4H6O3S.C2H7N/c5-3(6)1-2-4(7)8;1-2-3/h1-2H2,(H,5,6)(H,7,8);2-3H2,1H3. The Morgan fingerprint density at radius 1 is 1.45 bits per heavy atom. The smallest absolute Gasteiger partial charge is 0.303 e. The molecule has 0 unspecified atom stereocenters. The van der Waals surface area contributed by atoms with Crippen molar-refractivity contribution >= 4 is 23.7 Å². The van der Waals surface area contributed by atoms with E-state index in [1.54, 1.807) is 0 Å². The van der Waals surface area contributed by atoms with Crippen LogP contribution in [-0.4, -0.2) is 22.7 Å². The lowest BCUT2D eigenvalue weighted by Gasteiger charge is -1.85. The largest absolute Gasteiger partial charge is 0.481 e. The van der Waals surface area contributed by atoms with Gasteiger partial charge in [-0.2, -0.15) is 0 Å². The summed E-state index contributed by atoms with van der Waals surface area (Å²) in [5.74, 6) is -0.965. The fraction of sp³-hybridized carbons (Fsp3) is 0.667. The quantitative estimate of drug-likeness (QED) is 0.543. The first kappa shape index (κ1) is 13.1. The van der Waals surface area contributed by atoms with Crippen LogP contribution in [-0.2, 0) is 9.59 Å². The minimum absolute atomic E-state index is 0.0123. The van der Waals surface area contributed by atoms with Gasteiger partial charge in [0.25, 0.3) is 0 Å². The molecule has 0 heterocycles. The van der Waals surface area contributed by atoms with Crippen molar-refractivity contribution in [1.29, 1.82) is 0 Å². The molecule has 0 aromatic carbocycles. The summed E-state index contributed by atoms with van der Waals surface area (Å²) in [4.78, 5) is 19.7. The third-order valence-electron chi connectivity index (χ3n) is 0.553. The van der Waals surface area contributed by atoms with Gasteiger partial charge in [-0.25, -0.2) is 0 Å². The second-order valence-electron chi connectivity index (χ2n) is 1.70. The number of hydrogen-bond donors (Lipinski definition) is 3. The molecule has 4 nitrogen and oxygen atoms in total. The zero-order valence-corrected chi connectivity index (χ0v) is 7.30. The van der Waals surface area contributed by atoms with E-state index in [4.69, 9.17) is 10.8 Å².